The second-order valence-electron chi connectivity index (χ2n) is 6.72. The van der Waals surface area contributed by atoms with Gasteiger partial charge in [0, 0.05) is 12.2 Å². The highest BCUT2D eigenvalue weighted by Gasteiger charge is 2.41. The highest BCUT2D eigenvalue weighted by atomic mass is 16.5. The Morgan fingerprint density at radius 1 is 1.25 bits per heavy atom. The lowest BCUT2D eigenvalue weighted by Gasteiger charge is -2.29. The highest BCUT2D eigenvalue weighted by molar-refractivity contribution is 5.42. The molecule has 1 aliphatic carbocycles. The molecule has 1 fully saturated rings. The van der Waals surface area contributed by atoms with Gasteiger partial charge < -0.3 is 15.2 Å². The van der Waals surface area contributed by atoms with E-state index in [-0.39, 0.29) is 11.6 Å². The second kappa shape index (κ2) is 5.38. The van der Waals surface area contributed by atoms with Crippen LogP contribution < -0.4 is 10.1 Å². The molecule has 3 heteroatoms. The number of aliphatic hydroxyl groups excluding tert-OH is 1. The maximum atomic E-state index is 9.44. The maximum absolute atomic E-state index is 9.44. The van der Waals surface area contributed by atoms with Crippen LogP contribution in [0.1, 0.15) is 44.7 Å². The van der Waals surface area contributed by atoms with E-state index >= 15 is 0 Å². The molecule has 2 aliphatic rings. The number of hydrogen-bond acceptors (Lipinski definition) is 3. The fraction of sp³-hybridized carbons (Fsp3) is 0.647. The van der Waals surface area contributed by atoms with Gasteiger partial charge in [0.05, 0.1) is 6.04 Å². The summed E-state index contributed by atoms with van der Waals surface area (Å²) in [5.41, 5.74) is 1.05. The first-order valence-corrected chi connectivity index (χ1v) is 7.74. The number of ether oxygens (including phenoxy) is 1. The van der Waals surface area contributed by atoms with E-state index in [0.29, 0.717) is 18.4 Å². The monoisotopic (exact) mass is 275 g/mol. The molecule has 1 aromatic carbocycles. The van der Waals surface area contributed by atoms with Crippen molar-refractivity contribution in [2.45, 2.75) is 44.8 Å². The van der Waals surface area contributed by atoms with Crippen molar-refractivity contribution in [3.63, 3.8) is 0 Å². The third-order valence-electron chi connectivity index (χ3n) is 4.93. The molecule has 1 saturated carbocycles. The Bertz CT molecular complexity index is 472. The van der Waals surface area contributed by atoms with Crippen LogP contribution in [-0.4, -0.2) is 23.9 Å². The second-order valence-corrected chi connectivity index (χ2v) is 6.72. The fourth-order valence-electron chi connectivity index (χ4n) is 3.78. The lowest BCUT2D eigenvalue weighted by molar-refractivity contribution is 0.0917. The summed E-state index contributed by atoms with van der Waals surface area (Å²) in [4.78, 5) is 0. The van der Waals surface area contributed by atoms with Gasteiger partial charge in [0.2, 0.25) is 0 Å². The molecule has 0 spiro atoms. The largest absolute Gasteiger partial charge is 0.486 e. The van der Waals surface area contributed by atoms with Crippen LogP contribution in [0.25, 0.3) is 0 Å². The van der Waals surface area contributed by atoms with Crippen molar-refractivity contribution in [3.8, 4) is 5.75 Å². The number of benzene rings is 1. The number of fused-ring (bicyclic) bond motifs is 1. The summed E-state index contributed by atoms with van der Waals surface area (Å²) in [5.74, 6) is 2.08. The van der Waals surface area contributed by atoms with Crippen LogP contribution in [0.5, 0.6) is 5.75 Å². The van der Waals surface area contributed by atoms with Crippen LogP contribution in [0.2, 0.25) is 0 Å². The van der Waals surface area contributed by atoms with Crippen molar-refractivity contribution in [1.29, 1.82) is 0 Å². The molecule has 3 rings (SSSR count). The van der Waals surface area contributed by atoms with Crippen LogP contribution >= 0.6 is 0 Å². The molecule has 1 heterocycles. The molecule has 110 valence electrons. The van der Waals surface area contributed by atoms with E-state index in [1.54, 1.807) is 0 Å². The third kappa shape index (κ3) is 2.45. The topological polar surface area (TPSA) is 41.5 Å². The molecule has 3 nitrogen and oxygen atoms in total. The van der Waals surface area contributed by atoms with E-state index < -0.39 is 0 Å². The van der Waals surface area contributed by atoms with Crippen LogP contribution in [-0.2, 0) is 0 Å². The lowest BCUT2D eigenvalue weighted by atomic mass is 9.92. The van der Waals surface area contributed by atoms with Gasteiger partial charge in [0.25, 0.3) is 0 Å². The smallest absolute Gasteiger partial charge is 0.125 e. The Kier molecular flexibility index (Phi) is 3.74. The summed E-state index contributed by atoms with van der Waals surface area (Å²) in [7, 11) is 0. The molecule has 0 aromatic heterocycles. The van der Waals surface area contributed by atoms with E-state index in [9.17, 15) is 5.11 Å². The molecule has 0 saturated heterocycles. The van der Waals surface area contributed by atoms with Crippen LogP contribution in [0.3, 0.4) is 0 Å². The molecule has 0 radical (unpaired) electrons. The van der Waals surface area contributed by atoms with Crippen LogP contribution in [0.15, 0.2) is 24.3 Å². The summed E-state index contributed by atoms with van der Waals surface area (Å²) in [6.45, 7) is 5.58. The van der Waals surface area contributed by atoms with Crippen molar-refractivity contribution in [3.05, 3.63) is 29.8 Å². The first-order valence-electron chi connectivity index (χ1n) is 7.74. The zero-order valence-corrected chi connectivity index (χ0v) is 12.4. The van der Waals surface area contributed by atoms with Gasteiger partial charge in [-0.25, -0.2) is 0 Å². The minimum atomic E-state index is -0.211. The van der Waals surface area contributed by atoms with E-state index in [2.05, 4.69) is 31.3 Å². The van der Waals surface area contributed by atoms with Crippen molar-refractivity contribution in [2.75, 3.05) is 13.2 Å². The Hall–Kier alpha value is -1.06. The molecule has 3 unspecified atom stereocenters. The molecule has 0 bridgehead atoms. The Morgan fingerprint density at radius 2 is 2.00 bits per heavy atom. The normalized spacial score (nSPS) is 31.1. The van der Waals surface area contributed by atoms with Gasteiger partial charge in [-0.2, -0.15) is 0 Å². The first-order chi connectivity index (χ1) is 9.62. The van der Waals surface area contributed by atoms with Crippen molar-refractivity contribution < 1.29 is 9.84 Å². The average molecular weight is 275 g/mol. The predicted octanol–water partition coefficient (Wildman–Crippen LogP) is 2.90. The van der Waals surface area contributed by atoms with Crippen molar-refractivity contribution in [2.24, 2.45) is 11.8 Å². The van der Waals surface area contributed by atoms with Gasteiger partial charge in [-0.05, 0) is 51.1 Å². The van der Waals surface area contributed by atoms with E-state index in [0.717, 1.165) is 12.3 Å². The van der Waals surface area contributed by atoms with E-state index in [4.69, 9.17) is 4.74 Å². The maximum Gasteiger partial charge on any atom is 0.125 e. The molecular formula is C17H25NO2. The van der Waals surface area contributed by atoms with Crippen LogP contribution in [0, 0.1) is 11.8 Å². The standard InChI is InChI=1S/C17H25NO2/c1-17(2)16(14-8-3-4-9-15(14)20-17)18-10-12-6-5-7-13(12)11-19/h3-4,8-9,12-13,16,18-19H,5-7,10-11H2,1-2H3. The molecule has 1 aromatic rings. The third-order valence-corrected chi connectivity index (χ3v) is 4.93. The molecule has 0 amide bonds. The number of hydrogen-bond donors (Lipinski definition) is 2. The van der Waals surface area contributed by atoms with Gasteiger partial charge in [0.15, 0.2) is 0 Å². The zero-order chi connectivity index (χ0) is 14.2. The predicted molar refractivity (Wildman–Crippen MR) is 79.8 cm³/mol. The van der Waals surface area contributed by atoms with Gasteiger partial charge in [-0.3, -0.25) is 0 Å². The Morgan fingerprint density at radius 3 is 2.80 bits per heavy atom. The average Bonchev–Trinajstić information content (AvgIpc) is 2.96. The Balaban J connectivity index is 1.70. The van der Waals surface area contributed by atoms with Gasteiger partial charge in [-0.1, -0.05) is 24.6 Å². The number of para-hydroxylation sites is 1. The van der Waals surface area contributed by atoms with Crippen molar-refractivity contribution in [1.82, 2.24) is 5.32 Å². The summed E-state index contributed by atoms with van der Waals surface area (Å²) in [5, 5.41) is 13.1. The van der Waals surface area contributed by atoms with E-state index in [1.165, 1.54) is 24.8 Å². The van der Waals surface area contributed by atoms with Gasteiger partial charge in [-0.15, -0.1) is 0 Å². The van der Waals surface area contributed by atoms with E-state index in [1.807, 2.05) is 12.1 Å². The minimum Gasteiger partial charge on any atom is -0.486 e. The summed E-state index contributed by atoms with van der Waals surface area (Å²) in [6, 6.07) is 8.53. The van der Waals surface area contributed by atoms with Crippen LogP contribution in [0.4, 0.5) is 0 Å². The quantitative estimate of drug-likeness (QED) is 0.888. The van der Waals surface area contributed by atoms with Crippen molar-refractivity contribution >= 4 is 0 Å². The van der Waals surface area contributed by atoms with Gasteiger partial charge in [0.1, 0.15) is 11.4 Å². The number of rotatable bonds is 4. The zero-order valence-electron chi connectivity index (χ0n) is 12.4. The summed E-state index contributed by atoms with van der Waals surface area (Å²) >= 11 is 0. The molecule has 1 aliphatic heterocycles. The molecule has 2 N–H and O–H groups in total. The summed E-state index contributed by atoms with van der Waals surface area (Å²) < 4.78 is 6.06. The Labute approximate surface area is 121 Å². The molecular weight excluding hydrogens is 250 g/mol. The highest BCUT2D eigenvalue weighted by Crippen LogP contribution is 2.43. The lowest BCUT2D eigenvalue weighted by Crippen LogP contribution is -2.41. The number of nitrogens with one attached hydrogen (secondary N) is 1. The minimum absolute atomic E-state index is 0.211. The SMILES string of the molecule is CC1(C)Oc2ccccc2C1NCC1CCCC1CO. The first kappa shape index (κ1) is 13.9. The molecule has 20 heavy (non-hydrogen) atoms. The fourth-order valence-corrected chi connectivity index (χ4v) is 3.78. The number of aliphatic hydroxyl groups is 1. The molecule has 3 atom stereocenters. The van der Waals surface area contributed by atoms with Gasteiger partial charge >= 0.3 is 0 Å². The summed E-state index contributed by atoms with van der Waals surface area (Å²) in [6.07, 6.45) is 3.65.